The third-order valence-electron chi connectivity index (χ3n) is 14.2. The molecule has 1 N–H and O–H groups in total. The molecule has 0 saturated carbocycles. The summed E-state index contributed by atoms with van der Waals surface area (Å²) in [4.78, 5) is 5.74. The number of hydrogen-bond acceptors (Lipinski definition) is 4. The Morgan fingerprint density at radius 1 is 0.575 bits per heavy atom. The van der Waals surface area contributed by atoms with Crippen LogP contribution in [-0.4, -0.2) is 39.4 Å². The number of nitrogens with zero attached hydrogens (tertiary/aromatic N) is 4. The van der Waals surface area contributed by atoms with Crippen LogP contribution in [0.2, 0.25) is 0 Å². The van der Waals surface area contributed by atoms with Crippen molar-refractivity contribution in [1.82, 2.24) is 19.7 Å². The van der Waals surface area contributed by atoms with E-state index < -0.39 is 0 Å². The minimum Gasteiger partial charge on any atom is 0 e. The Labute approximate surface area is 456 Å². The molecule has 0 aliphatic rings. The molecule has 0 atom stereocenters. The van der Waals surface area contributed by atoms with Crippen molar-refractivity contribution in [1.29, 1.82) is 0 Å². The van der Waals surface area contributed by atoms with Gasteiger partial charge in [0.1, 0.15) is 0 Å². The molecule has 9 aromatic rings. The van der Waals surface area contributed by atoms with Crippen LogP contribution >= 0.6 is 0 Å². The summed E-state index contributed by atoms with van der Waals surface area (Å²) in [6, 6.07) is 46.2. The van der Waals surface area contributed by atoms with E-state index >= 15 is 0 Å². The van der Waals surface area contributed by atoms with Crippen LogP contribution < -0.4 is 0 Å². The summed E-state index contributed by atoms with van der Waals surface area (Å²) in [5, 5.41) is 23.8. The first-order chi connectivity index (χ1) is 33.6. The summed E-state index contributed by atoms with van der Waals surface area (Å²) < 4.78 is 4.94. The van der Waals surface area contributed by atoms with Crippen LogP contribution in [0, 0.1) is 25.3 Å². The molecule has 0 unspecified atom stereocenters. The maximum atomic E-state index is 12.7. The van der Waals surface area contributed by atoms with Crippen molar-refractivity contribution in [2.24, 2.45) is 5.41 Å². The Morgan fingerprint density at radius 3 is 1.81 bits per heavy atom. The van der Waals surface area contributed by atoms with E-state index in [9.17, 15) is 5.11 Å². The van der Waals surface area contributed by atoms with Gasteiger partial charge in [-0.05, 0) is 21.8 Å². The van der Waals surface area contributed by atoms with Crippen LogP contribution in [-0.2, 0) is 49.1 Å². The largest absolute Gasteiger partial charge is 0 e. The number of para-hydroxylation sites is 1. The third kappa shape index (κ3) is 10.6. The quantitative estimate of drug-likeness (QED) is 0.128. The smallest absolute Gasteiger partial charge is 0 e. The zero-order valence-corrected chi connectivity index (χ0v) is 50.1. The van der Waals surface area contributed by atoms with Gasteiger partial charge in [0.05, 0.1) is 0 Å². The number of aryl methyl sites for hydroxylation is 2. The molecule has 9 rings (SSSR count). The van der Waals surface area contributed by atoms with Gasteiger partial charge in [-0.2, -0.15) is 0 Å². The molecule has 7 heteroatoms. The second-order valence-electron chi connectivity index (χ2n) is 25.5. The first-order valence-electron chi connectivity index (χ1n) is 25.6. The Hall–Kier alpha value is -5.38. The minimum absolute atomic E-state index is 0. The van der Waals surface area contributed by atoms with E-state index in [-0.39, 0.29) is 68.4 Å². The molecule has 0 bridgehead atoms. The van der Waals surface area contributed by atoms with Crippen LogP contribution in [0.15, 0.2) is 115 Å². The molecule has 0 fully saturated rings. The molecule has 0 aliphatic heterocycles. The number of rotatable bonds is 7. The van der Waals surface area contributed by atoms with Gasteiger partial charge in [-0.15, -0.1) is 0 Å². The number of phenolic OH excluding ortho intramolecular Hbond substituents is 1. The molecule has 5 nitrogen and oxygen atoms in total. The van der Waals surface area contributed by atoms with Crippen LogP contribution in [0.25, 0.3) is 81.3 Å². The fraction of sp³-hybridized carbons (Fsp3) is 0.348. The molecular weight excluding hydrogens is 1140 g/mol. The molecular formula is C66H73N4OPtSe-. The molecule has 73 heavy (non-hydrogen) atoms. The Bertz CT molecular complexity index is 3530. The maximum Gasteiger partial charge on any atom is 0 e. The molecule has 3 heterocycles. The van der Waals surface area contributed by atoms with Gasteiger partial charge in [0.15, 0.2) is 0 Å². The van der Waals surface area contributed by atoms with E-state index in [0.29, 0.717) is 11.4 Å². The first-order valence-corrected chi connectivity index (χ1v) is 27.3. The predicted octanol–water partition coefficient (Wildman–Crippen LogP) is 17.3. The molecule has 0 radical (unpaired) electrons. The second kappa shape index (κ2) is 19.4. The van der Waals surface area contributed by atoms with Gasteiger partial charge in [0, 0.05) is 21.1 Å². The molecule has 0 spiro atoms. The summed E-state index contributed by atoms with van der Waals surface area (Å²) >= 11 is -0.00503. The first kappa shape index (κ1) is 53.9. The standard InChI is InChI=1S/C66H73N4OSe.Pt/c1-39-55-40(2)68-69-56(60(55)72-59(39)43-28-26-41(27-29-43)38-62(3,4)5)45-32-44(33-47(34-45)64(9,10)11)49-24-21-25-54-57(49)67-61(51-36-48(65(12,13)14)37-52(58(51)71)66(15,16)17)70(54)53-31-30-46(63(6,7)8)35-50(53)42-22-19-18-20-23-42;/h18-31,33-37,71H,38H2,1-17H3;/q-1;. The van der Waals surface area contributed by atoms with Gasteiger partial charge < -0.3 is 0 Å². The second-order valence-corrected chi connectivity index (χ2v) is 27.6. The van der Waals surface area contributed by atoms with Gasteiger partial charge in [0.25, 0.3) is 0 Å². The van der Waals surface area contributed by atoms with Crippen LogP contribution in [0.1, 0.15) is 143 Å². The average molecular weight is 1210 g/mol. The SMILES string of the molecule is Cc1nnc(-c2[c-]c(-c3cccc4c3nc(-c3cc(C(C)(C)C)cc(C(C)(C)C)c3O)n4-c3ccc(C(C)(C)C)cc3-c3ccccc3)cc(C(C)(C)C)c2)c2[se]c(-c3ccc(CC(C)(C)C)cc3)c(C)c12.[Pt]. The van der Waals surface area contributed by atoms with Gasteiger partial charge in [0.2, 0.25) is 0 Å². The molecule has 6 aromatic carbocycles. The number of aromatic nitrogens is 4. The maximum absolute atomic E-state index is 12.7. The van der Waals surface area contributed by atoms with Crippen LogP contribution in [0.3, 0.4) is 0 Å². The zero-order chi connectivity index (χ0) is 52.0. The third-order valence-corrected chi connectivity index (χ3v) is 17.0. The number of phenols is 1. The molecule has 0 amide bonds. The van der Waals surface area contributed by atoms with Crippen LogP contribution in [0.5, 0.6) is 5.75 Å². The fourth-order valence-electron chi connectivity index (χ4n) is 10.0. The summed E-state index contributed by atoms with van der Waals surface area (Å²) in [5.41, 5.74) is 18.1. The molecule has 0 aliphatic carbocycles. The van der Waals surface area contributed by atoms with E-state index in [4.69, 9.17) is 15.2 Å². The Kier molecular flexibility index (Phi) is 14.3. The van der Waals surface area contributed by atoms with E-state index in [1.54, 1.807) is 0 Å². The topological polar surface area (TPSA) is 63.8 Å². The van der Waals surface area contributed by atoms with E-state index in [1.807, 2.05) is 0 Å². The van der Waals surface area contributed by atoms with Crippen molar-refractivity contribution >= 4 is 35.2 Å². The summed E-state index contributed by atoms with van der Waals surface area (Å²) in [6.45, 7) is 38.1. The normalized spacial score (nSPS) is 12.7. The van der Waals surface area contributed by atoms with Crippen molar-refractivity contribution in [2.45, 2.75) is 146 Å². The Morgan fingerprint density at radius 2 is 1.19 bits per heavy atom. The van der Waals surface area contributed by atoms with E-state index in [2.05, 4.69) is 244 Å². The van der Waals surface area contributed by atoms with Gasteiger partial charge in [-0.1, -0.05) is 98.7 Å². The monoisotopic (exact) mass is 1210 g/mol. The summed E-state index contributed by atoms with van der Waals surface area (Å²) in [6.07, 6.45) is 1.04. The van der Waals surface area contributed by atoms with Crippen molar-refractivity contribution in [3.63, 3.8) is 0 Å². The van der Waals surface area contributed by atoms with E-state index in [1.165, 1.54) is 41.9 Å². The number of imidazole rings is 1. The van der Waals surface area contributed by atoms with Crippen molar-refractivity contribution in [3.8, 4) is 66.3 Å². The van der Waals surface area contributed by atoms with E-state index in [0.717, 1.165) is 73.5 Å². The average Bonchev–Trinajstić information content (AvgIpc) is 3.86. The van der Waals surface area contributed by atoms with Gasteiger partial charge in [-0.3, -0.25) is 0 Å². The van der Waals surface area contributed by atoms with Gasteiger partial charge in [-0.25, -0.2) is 0 Å². The molecule has 380 valence electrons. The fourth-order valence-corrected chi connectivity index (χ4v) is 12.9. The van der Waals surface area contributed by atoms with Crippen LogP contribution in [0.4, 0.5) is 0 Å². The van der Waals surface area contributed by atoms with Crippen molar-refractivity contribution in [2.75, 3.05) is 0 Å². The molecule has 0 saturated heterocycles. The minimum atomic E-state index is -0.337. The number of aromatic hydroxyl groups is 1. The Balaban J connectivity index is 0.00000711. The predicted molar refractivity (Wildman–Crippen MR) is 306 cm³/mol. The summed E-state index contributed by atoms with van der Waals surface area (Å²) in [5.74, 6) is 0.937. The zero-order valence-electron chi connectivity index (χ0n) is 46.1. The number of hydrogen-bond donors (Lipinski definition) is 1. The summed E-state index contributed by atoms with van der Waals surface area (Å²) in [7, 11) is 0. The van der Waals surface area contributed by atoms with Gasteiger partial charge >= 0.3 is 317 Å². The number of fused-ring (bicyclic) bond motifs is 2. The number of benzene rings is 6. The molecule has 3 aromatic heterocycles. The van der Waals surface area contributed by atoms with Crippen molar-refractivity contribution < 1.29 is 26.2 Å². The van der Waals surface area contributed by atoms with Crippen molar-refractivity contribution in [3.05, 3.63) is 160 Å².